The van der Waals surface area contributed by atoms with Gasteiger partial charge in [-0.15, -0.1) is 0 Å². The van der Waals surface area contributed by atoms with E-state index in [4.69, 9.17) is 0 Å². The van der Waals surface area contributed by atoms with E-state index in [1.807, 2.05) is 24.3 Å². The molecular formula is C18H19BrN2O3S. The standard InChI is InChI=1S/C18H19BrN2O3S/c19-15-5-1-4-14(12-15)8-9-18(22)20-16-6-2-7-17(13-16)21-10-3-11-25(21,23)24/h1-2,4-7,12-13H,3,8-11H2,(H,20,22). The molecule has 25 heavy (non-hydrogen) atoms. The molecule has 0 aliphatic carbocycles. The molecule has 0 bridgehead atoms. The number of rotatable bonds is 5. The Morgan fingerprint density at radius 2 is 1.96 bits per heavy atom. The van der Waals surface area contributed by atoms with Crippen molar-refractivity contribution in [3.8, 4) is 0 Å². The average Bonchev–Trinajstić information content (AvgIpc) is 2.93. The number of hydrogen-bond donors (Lipinski definition) is 1. The quantitative estimate of drug-likeness (QED) is 0.800. The number of carbonyl (C=O) groups excluding carboxylic acids is 1. The van der Waals surface area contributed by atoms with Gasteiger partial charge in [-0.2, -0.15) is 0 Å². The van der Waals surface area contributed by atoms with Gasteiger partial charge >= 0.3 is 0 Å². The zero-order chi connectivity index (χ0) is 17.9. The lowest BCUT2D eigenvalue weighted by atomic mass is 10.1. The van der Waals surface area contributed by atoms with Crippen LogP contribution in [0.2, 0.25) is 0 Å². The Morgan fingerprint density at radius 3 is 2.68 bits per heavy atom. The van der Waals surface area contributed by atoms with Crippen LogP contribution in [0.25, 0.3) is 0 Å². The maximum atomic E-state index is 12.2. The van der Waals surface area contributed by atoms with E-state index in [9.17, 15) is 13.2 Å². The molecule has 0 atom stereocenters. The molecule has 1 saturated heterocycles. The van der Waals surface area contributed by atoms with E-state index in [1.54, 1.807) is 24.3 Å². The molecule has 1 aliphatic rings. The molecule has 1 fully saturated rings. The van der Waals surface area contributed by atoms with Gasteiger partial charge in [-0.1, -0.05) is 34.1 Å². The first-order valence-corrected chi connectivity index (χ1v) is 10.5. The number of anilines is 2. The summed E-state index contributed by atoms with van der Waals surface area (Å²) < 4.78 is 26.4. The molecule has 1 amide bonds. The maximum Gasteiger partial charge on any atom is 0.235 e. The zero-order valence-electron chi connectivity index (χ0n) is 13.6. The van der Waals surface area contributed by atoms with Gasteiger partial charge in [0, 0.05) is 23.1 Å². The fourth-order valence-corrected chi connectivity index (χ4v) is 4.85. The van der Waals surface area contributed by atoms with E-state index < -0.39 is 10.0 Å². The van der Waals surface area contributed by atoms with Gasteiger partial charge in [-0.25, -0.2) is 8.42 Å². The fourth-order valence-electron chi connectivity index (χ4n) is 2.84. The lowest BCUT2D eigenvalue weighted by Gasteiger charge is -2.17. The summed E-state index contributed by atoms with van der Waals surface area (Å²) in [6.45, 7) is 0.489. The van der Waals surface area contributed by atoms with Crippen molar-refractivity contribution in [2.45, 2.75) is 19.3 Å². The normalized spacial score (nSPS) is 16.0. The largest absolute Gasteiger partial charge is 0.326 e. The number of halogens is 1. The van der Waals surface area contributed by atoms with Gasteiger partial charge in [0.05, 0.1) is 11.4 Å². The van der Waals surface area contributed by atoms with Gasteiger partial charge in [-0.3, -0.25) is 9.10 Å². The summed E-state index contributed by atoms with van der Waals surface area (Å²) in [5.74, 6) is 0.0809. The van der Waals surface area contributed by atoms with Gasteiger partial charge < -0.3 is 5.32 Å². The Hall–Kier alpha value is -1.86. The van der Waals surface area contributed by atoms with Crippen molar-refractivity contribution in [1.29, 1.82) is 0 Å². The minimum absolute atomic E-state index is 0.0959. The summed E-state index contributed by atoms with van der Waals surface area (Å²) in [7, 11) is -3.22. The predicted molar refractivity (Wildman–Crippen MR) is 103 cm³/mol. The summed E-state index contributed by atoms with van der Waals surface area (Å²) in [5, 5.41) is 2.85. The van der Waals surface area contributed by atoms with Crippen molar-refractivity contribution >= 4 is 43.2 Å². The van der Waals surface area contributed by atoms with E-state index >= 15 is 0 Å². The van der Waals surface area contributed by atoms with Crippen molar-refractivity contribution in [2.24, 2.45) is 0 Å². The van der Waals surface area contributed by atoms with E-state index in [1.165, 1.54) is 4.31 Å². The lowest BCUT2D eigenvalue weighted by molar-refractivity contribution is -0.116. The molecule has 2 aromatic carbocycles. The molecule has 132 valence electrons. The zero-order valence-corrected chi connectivity index (χ0v) is 16.0. The van der Waals surface area contributed by atoms with E-state index in [0.717, 1.165) is 10.0 Å². The molecule has 1 heterocycles. The van der Waals surface area contributed by atoms with E-state index in [2.05, 4.69) is 21.2 Å². The third-order valence-corrected chi connectivity index (χ3v) is 6.41. The molecule has 7 heteroatoms. The second-order valence-electron chi connectivity index (χ2n) is 5.97. The Bertz CT molecular complexity index is 883. The number of carbonyl (C=O) groups is 1. The van der Waals surface area contributed by atoms with Crippen molar-refractivity contribution in [2.75, 3.05) is 21.9 Å². The summed E-state index contributed by atoms with van der Waals surface area (Å²) in [6.07, 6.45) is 1.64. The van der Waals surface area contributed by atoms with Gasteiger partial charge in [0.25, 0.3) is 0 Å². The number of hydrogen-bond acceptors (Lipinski definition) is 3. The summed E-state index contributed by atoms with van der Waals surface area (Å²) in [6, 6.07) is 14.8. The molecule has 0 radical (unpaired) electrons. The van der Waals surface area contributed by atoms with Crippen LogP contribution in [0.4, 0.5) is 11.4 Å². The highest BCUT2D eigenvalue weighted by atomic mass is 79.9. The second-order valence-corrected chi connectivity index (χ2v) is 8.90. The van der Waals surface area contributed by atoms with Crippen molar-refractivity contribution in [3.05, 3.63) is 58.6 Å². The fraction of sp³-hybridized carbons (Fsp3) is 0.278. The van der Waals surface area contributed by atoms with Crippen LogP contribution >= 0.6 is 15.9 Å². The minimum atomic E-state index is -3.22. The third-order valence-electron chi connectivity index (χ3n) is 4.05. The first-order valence-electron chi connectivity index (χ1n) is 8.09. The molecule has 5 nitrogen and oxygen atoms in total. The van der Waals surface area contributed by atoms with Crippen LogP contribution in [0.1, 0.15) is 18.4 Å². The smallest absolute Gasteiger partial charge is 0.235 e. The van der Waals surface area contributed by atoms with Crippen LogP contribution in [-0.4, -0.2) is 26.6 Å². The van der Waals surface area contributed by atoms with E-state index in [-0.39, 0.29) is 11.7 Å². The number of amides is 1. The predicted octanol–water partition coefficient (Wildman–Crippen LogP) is 3.56. The van der Waals surface area contributed by atoms with Crippen molar-refractivity contribution < 1.29 is 13.2 Å². The minimum Gasteiger partial charge on any atom is -0.326 e. The van der Waals surface area contributed by atoms with Gasteiger partial charge in [0.15, 0.2) is 0 Å². The van der Waals surface area contributed by atoms with Crippen LogP contribution in [-0.2, 0) is 21.2 Å². The molecule has 1 N–H and O–H groups in total. The summed E-state index contributed by atoms with van der Waals surface area (Å²) >= 11 is 3.42. The van der Waals surface area contributed by atoms with Crippen LogP contribution in [0.5, 0.6) is 0 Å². The summed E-state index contributed by atoms with van der Waals surface area (Å²) in [5.41, 5.74) is 2.29. The van der Waals surface area contributed by atoms with Crippen molar-refractivity contribution in [1.82, 2.24) is 0 Å². The number of nitrogens with zero attached hydrogens (tertiary/aromatic N) is 1. The Balaban J connectivity index is 1.63. The number of nitrogens with one attached hydrogen (secondary N) is 1. The van der Waals surface area contributed by atoms with Crippen LogP contribution in [0, 0.1) is 0 Å². The molecule has 0 unspecified atom stereocenters. The topological polar surface area (TPSA) is 66.5 Å². The van der Waals surface area contributed by atoms with Gasteiger partial charge in [0.1, 0.15) is 0 Å². The number of sulfonamides is 1. The molecule has 3 rings (SSSR count). The molecule has 0 aromatic heterocycles. The Morgan fingerprint density at radius 1 is 1.16 bits per heavy atom. The monoisotopic (exact) mass is 422 g/mol. The third kappa shape index (κ3) is 4.61. The molecular weight excluding hydrogens is 404 g/mol. The summed E-state index contributed by atoms with van der Waals surface area (Å²) in [4.78, 5) is 12.2. The molecule has 0 saturated carbocycles. The highest BCUT2D eigenvalue weighted by Crippen LogP contribution is 2.26. The second kappa shape index (κ2) is 7.58. The molecule has 0 spiro atoms. The Labute approximate surface area is 156 Å². The van der Waals surface area contributed by atoms with E-state index in [0.29, 0.717) is 37.2 Å². The lowest BCUT2D eigenvalue weighted by Crippen LogP contribution is -2.25. The molecule has 1 aliphatic heterocycles. The Kier molecular flexibility index (Phi) is 5.44. The molecule has 2 aromatic rings. The SMILES string of the molecule is O=C(CCc1cccc(Br)c1)Nc1cccc(N2CCCS2(=O)=O)c1. The van der Waals surface area contributed by atoms with Crippen molar-refractivity contribution in [3.63, 3.8) is 0 Å². The first-order chi connectivity index (χ1) is 11.9. The van der Waals surface area contributed by atoms with Crippen LogP contribution in [0.3, 0.4) is 0 Å². The first kappa shape index (κ1) is 17.9. The maximum absolute atomic E-state index is 12.2. The highest BCUT2D eigenvalue weighted by molar-refractivity contribution is 9.10. The number of aryl methyl sites for hydroxylation is 1. The van der Waals surface area contributed by atoms with Crippen LogP contribution < -0.4 is 9.62 Å². The highest BCUT2D eigenvalue weighted by Gasteiger charge is 2.28. The van der Waals surface area contributed by atoms with Gasteiger partial charge in [0.2, 0.25) is 15.9 Å². The van der Waals surface area contributed by atoms with Gasteiger partial charge in [-0.05, 0) is 48.7 Å². The number of benzene rings is 2. The average molecular weight is 423 g/mol. The van der Waals surface area contributed by atoms with Crippen LogP contribution in [0.15, 0.2) is 53.0 Å².